The Bertz CT molecular complexity index is 1460. The highest BCUT2D eigenvalue weighted by molar-refractivity contribution is 6.33. The van der Waals surface area contributed by atoms with Gasteiger partial charge in [-0.1, -0.05) is 29.3 Å². The summed E-state index contributed by atoms with van der Waals surface area (Å²) >= 11 is 11.8. The van der Waals surface area contributed by atoms with E-state index in [1.165, 1.54) is 12.3 Å². The van der Waals surface area contributed by atoms with Crippen molar-refractivity contribution < 1.29 is 18.0 Å². The standard InChI is InChI=1S/C23H19Cl2F3N8O/c1-11-3-4-14(31-22(37)30-13-5-6-16(24)15(8-13)23(26,27)28)9-18(11)32-21-29-10-17(25)20(34-21)33-19-7-12(2)35-36-19/h3-10H,1-2H3,(H2,30,31,37)(H3,29,32,33,34,35,36). The molecule has 4 rings (SSSR count). The minimum Gasteiger partial charge on any atom is -0.324 e. The molecule has 0 aliphatic heterocycles. The third-order valence-corrected chi connectivity index (χ3v) is 5.57. The van der Waals surface area contributed by atoms with Crippen molar-refractivity contribution >= 4 is 63.9 Å². The molecule has 5 N–H and O–H groups in total. The summed E-state index contributed by atoms with van der Waals surface area (Å²) in [6, 6.07) is 9.14. The maximum Gasteiger partial charge on any atom is 0.417 e. The molecule has 9 nitrogen and oxygen atoms in total. The van der Waals surface area contributed by atoms with Crippen LogP contribution in [0.15, 0.2) is 48.7 Å². The Labute approximate surface area is 218 Å². The van der Waals surface area contributed by atoms with Crippen LogP contribution in [0, 0.1) is 13.8 Å². The SMILES string of the molecule is Cc1cc(Nc2nc(Nc3cc(NC(=O)Nc4ccc(Cl)c(C(F)(F)F)c4)ccc3C)ncc2Cl)n[nH]1. The van der Waals surface area contributed by atoms with Crippen molar-refractivity contribution in [2.45, 2.75) is 20.0 Å². The molecule has 0 saturated heterocycles. The number of aromatic amines is 1. The topological polar surface area (TPSA) is 120 Å². The molecule has 2 aromatic heterocycles. The van der Waals surface area contributed by atoms with Crippen LogP contribution in [0.3, 0.4) is 0 Å². The van der Waals surface area contributed by atoms with Gasteiger partial charge in [-0.05, 0) is 49.7 Å². The first-order valence-electron chi connectivity index (χ1n) is 10.6. The van der Waals surface area contributed by atoms with Crippen molar-refractivity contribution in [3.63, 3.8) is 0 Å². The number of benzene rings is 2. The molecule has 2 amide bonds. The van der Waals surface area contributed by atoms with Crippen LogP contribution in [0.25, 0.3) is 0 Å². The van der Waals surface area contributed by atoms with Crippen molar-refractivity contribution in [3.05, 3.63) is 75.5 Å². The van der Waals surface area contributed by atoms with Crippen molar-refractivity contribution in [2.75, 3.05) is 21.3 Å². The lowest BCUT2D eigenvalue weighted by molar-refractivity contribution is -0.137. The fraction of sp³-hybridized carbons (Fsp3) is 0.130. The van der Waals surface area contributed by atoms with E-state index in [1.807, 2.05) is 13.8 Å². The fourth-order valence-electron chi connectivity index (χ4n) is 3.19. The quantitative estimate of drug-likeness (QED) is 0.172. The monoisotopic (exact) mass is 550 g/mol. The number of H-pyrrole nitrogens is 1. The molecular formula is C23H19Cl2F3N8O. The molecule has 0 fully saturated rings. The zero-order chi connectivity index (χ0) is 26.7. The molecule has 4 aromatic rings. The van der Waals surface area contributed by atoms with Crippen LogP contribution in [0.5, 0.6) is 0 Å². The van der Waals surface area contributed by atoms with Gasteiger partial charge in [0.15, 0.2) is 11.6 Å². The molecule has 0 bridgehead atoms. The van der Waals surface area contributed by atoms with Crippen LogP contribution in [0.2, 0.25) is 10.0 Å². The van der Waals surface area contributed by atoms with Gasteiger partial charge in [-0.3, -0.25) is 5.10 Å². The molecule has 0 saturated carbocycles. The summed E-state index contributed by atoms with van der Waals surface area (Å²) < 4.78 is 39.3. The number of alkyl halides is 3. The van der Waals surface area contributed by atoms with Gasteiger partial charge in [0.1, 0.15) is 5.02 Å². The number of aromatic nitrogens is 4. The minimum atomic E-state index is -4.65. The average molecular weight is 551 g/mol. The lowest BCUT2D eigenvalue weighted by atomic mass is 10.2. The number of urea groups is 1. The van der Waals surface area contributed by atoms with Gasteiger partial charge >= 0.3 is 12.2 Å². The Hall–Kier alpha value is -4.03. The van der Waals surface area contributed by atoms with Crippen molar-refractivity contribution in [2.24, 2.45) is 0 Å². The highest BCUT2D eigenvalue weighted by atomic mass is 35.5. The van der Waals surface area contributed by atoms with Crippen LogP contribution in [0.4, 0.5) is 52.6 Å². The smallest absolute Gasteiger partial charge is 0.324 e. The number of halogens is 5. The van der Waals surface area contributed by atoms with Gasteiger partial charge in [0.2, 0.25) is 5.95 Å². The number of carbonyl (C=O) groups excluding carboxylic acids is 1. The summed E-state index contributed by atoms with van der Waals surface area (Å²) in [7, 11) is 0. The van der Waals surface area contributed by atoms with Crippen LogP contribution in [-0.2, 0) is 6.18 Å². The second kappa shape index (κ2) is 10.5. The zero-order valence-electron chi connectivity index (χ0n) is 19.3. The van der Waals surface area contributed by atoms with Crippen LogP contribution >= 0.6 is 23.2 Å². The predicted octanol–water partition coefficient (Wildman–Crippen LogP) is 7.27. The van der Waals surface area contributed by atoms with Crippen LogP contribution in [0.1, 0.15) is 16.8 Å². The molecule has 0 spiro atoms. The Kier molecular flexibility index (Phi) is 7.41. The molecule has 0 atom stereocenters. The Balaban J connectivity index is 1.47. The van der Waals surface area contributed by atoms with Gasteiger partial charge < -0.3 is 21.3 Å². The van der Waals surface area contributed by atoms with Crippen molar-refractivity contribution in [3.8, 4) is 0 Å². The van der Waals surface area contributed by atoms with E-state index in [0.717, 1.165) is 23.4 Å². The zero-order valence-corrected chi connectivity index (χ0v) is 20.8. The number of nitrogens with zero attached hydrogens (tertiary/aromatic N) is 3. The largest absolute Gasteiger partial charge is 0.417 e. The van der Waals surface area contributed by atoms with Gasteiger partial charge in [0, 0.05) is 28.8 Å². The molecule has 0 aliphatic carbocycles. The van der Waals surface area contributed by atoms with Gasteiger partial charge in [-0.25, -0.2) is 9.78 Å². The number of hydrogen-bond acceptors (Lipinski definition) is 6. The summed E-state index contributed by atoms with van der Waals surface area (Å²) in [4.78, 5) is 21.0. The Morgan fingerprint density at radius 1 is 0.946 bits per heavy atom. The Morgan fingerprint density at radius 2 is 1.65 bits per heavy atom. The number of amides is 2. The second-order valence-corrected chi connectivity index (χ2v) is 8.69. The van der Waals surface area contributed by atoms with E-state index in [4.69, 9.17) is 23.2 Å². The molecule has 0 radical (unpaired) electrons. The van der Waals surface area contributed by atoms with E-state index in [9.17, 15) is 18.0 Å². The lowest BCUT2D eigenvalue weighted by Crippen LogP contribution is -2.20. The van der Waals surface area contributed by atoms with E-state index in [2.05, 4.69) is 41.4 Å². The molecular weight excluding hydrogens is 532 g/mol. The van der Waals surface area contributed by atoms with Gasteiger partial charge in [0.05, 0.1) is 16.8 Å². The number of anilines is 6. The molecule has 192 valence electrons. The molecule has 2 heterocycles. The van der Waals surface area contributed by atoms with Crippen LogP contribution in [-0.4, -0.2) is 26.2 Å². The maximum absolute atomic E-state index is 13.1. The van der Waals surface area contributed by atoms with Gasteiger partial charge in [-0.15, -0.1) is 0 Å². The average Bonchev–Trinajstić information content (AvgIpc) is 3.23. The summed E-state index contributed by atoms with van der Waals surface area (Å²) in [5, 5.41) is 17.7. The fourth-order valence-corrected chi connectivity index (χ4v) is 3.55. The maximum atomic E-state index is 13.1. The molecule has 2 aromatic carbocycles. The number of nitrogens with one attached hydrogen (secondary N) is 5. The van der Waals surface area contributed by atoms with E-state index in [-0.39, 0.29) is 16.7 Å². The number of hydrogen-bond donors (Lipinski definition) is 5. The van der Waals surface area contributed by atoms with Crippen molar-refractivity contribution in [1.29, 1.82) is 0 Å². The summed E-state index contributed by atoms with van der Waals surface area (Å²) in [6.07, 6.45) is -3.23. The summed E-state index contributed by atoms with van der Waals surface area (Å²) in [5.74, 6) is 1.09. The lowest BCUT2D eigenvalue weighted by Gasteiger charge is -2.14. The summed E-state index contributed by atoms with van der Waals surface area (Å²) in [6.45, 7) is 3.69. The minimum absolute atomic E-state index is 0.0682. The number of rotatable bonds is 6. The molecule has 0 aliphatic rings. The Morgan fingerprint density at radius 3 is 2.32 bits per heavy atom. The highest BCUT2D eigenvalue weighted by Crippen LogP contribution is 2.36. The normalized spacial score (nSPS) is 11.2. The first-order chi connectivity index (χ1) is 17.5. The van der Waals surface area contributed by atoms with E-state index < -0.39 is 22.8 Å². The van der Waals surface area contributed by atoms with Crippen LogP contribution < -0.4 is 21.3 Å². The van der Waals surface area contributed by atoms with E-state index in [1.54, 1.807) is 24.3 Å². The van der Waals surface area contributed by atoms with Gasteiger partial charge in [-0.2, -0.15) is 23.3 Å². The summed E-state index contributed by atoms with van der Waals surface area (Å²) in [5.41, 5.74) is 1.50. The molecule has 14 heteroatoms. The van der Waals surface area contributed by atoms with Crippen molar-refractivity contribution in [1.82, 2.24) is 20.2 Å². The second-order valence-electron chi connectivity index (χ2n) is 7.88. The third kappa shape index (κ3) is 6.60. The first-order valence-corrected chi connectivity index (χ1v) is 11.4. The predicted molar refractivity (Wildman–Crippen MR) is 137 cm³/mol. The van der Waals surface area contributed by atoms with Gasteiger partial charge in [0.25, 0.3) is 0 Å². The van der Waals surface area contributed by atoms with E-state index in [0.29, 0.717) is 23.0 Å². The van der Waals surface area contributed by atoms with E-state index >= 15 is 0 Å². The number of aryl methyl sites for hydroxylation is 2. The molecule has 37 heavy (non-hydrogen) atoms. The molecule has 0 unspecified atom stereocenters. The number of carbonyl (C=O) groups is 1. The third-order valence-electron chi connectivity index (χ3n) is 4.97. The highest BCUT2D eigenvalue weighted by Gasteiger charge is 2.33. The first kappa shape index (κ1) is 26.0.